The Balaban J connectivity index is 0. The minimum Gasteiger partial charge on any atom is -0.550 e. The molecule has 0 N–H and O–H groups in total. The number of halogens is 1. The molecule has 15 heavy (non-hydrogen) atoms. The summed E-state index contributed by atoms with van der Waals surface area (Å²) < 4.78 is 12.3. The summed E-state index contributed by atoms with van der Waals surface area (Å²) in [6, 6.07) is 0. The van der Waals surface area contributed by atoms with Crippen molar-refractivity contribution >= 4 is 11.9 Å². The first-order valence-electron chi connectivity index (χ1n) is 4.80. The normalized spacial score (nSPS) is 15.5. The van der Waals surface area contributed by atoms with Gasteiger partial charge in [-0.15, -0.1) is 0 Å². The lowest BCUT2D eigenvalue weighted by atomic mass is 10.1. The fraction of sp³-hybridized carbons (Fsp3) is 0.800. The molecule has 0 fully saturated rings. The molecule has 2 atom stereocenters. The lowest BCUT2D eigenvalue weighted by molar-refractivity contribution is -0.319. The van der Waals surface area contributed by atoms with Crippen LogP contribution >= 0.6 is 0 Å². The third kappa shape index (κ3) is 7.90. The van der Waals surface area contributed by atoms with Crippen molar-refractivity contribution in [2.45, 2.75) is 46.2 Å². The summed E-state index contributed by atoms with van der Waals surface area (Å²) in [5.74, 6) is -2.89. The molecular formula is C10H17FO4-2. The maximum absolute atomic E-state index is 12.3. The molecule has 0 amide bonds. The fourth-order valence-electron chi connectivity index (χ4n) is 0.311. The predicted octanol–water partition coefficient (Wildman–Crippen LogP) is -0.343. The van der Waals surface area contributed by atoms with Gasteiger partial charge in [0.05, 0.1) is 5.97 Å². The van der Waals surface area contributed by atoms with E-state index >= 15 is 0 Å². The molecule has 0 saturated carbocycles. The molecule has 0 heterocycles. The van der Waals surface area contributed by atoms with E-state index in [9.17, 15) is 24.2 Å². The predicted molar refractivity (Wildman–Crippen MR) is 49.3 cm³/mol. The molecule has 0 aromatic carbocycles. The molecule has 0 aliphatic heterocycles. The quantitative estimate of drug-likeness (QED) is 0.649. The summed E-state index contributed by atoms with van der Waals surface area (Å²) in [6.07, 6.45) is 0.609. The van der Waals surface area contributed by atoms with Crippen molar-refractivity contribution in [3.63, 3.8) is 0 Å². The van der Waals surface area contributed by atoms with Crippen LogP contribution in [0.2, 0.25) is 0 Å². The Kier molecular flexibility index (Phi) is 7.83. The minimum atomic E-state index is -2.15. The molecule has 0 radical (unpaired) electrons. The van der Waals surface area contributed by atoms with Gasteiger partial charge < -0.3 is 19.8 Å². The zero-order valence-corrected chi connectivity index (χ0v) is 9.50. The SMILES string of the molecule is CCC(C)(F)C(=O)[O-].CCC(C)C(=O)[O-]. The molecule has 0 aliphatic rings. The third-order valence-electron chi connectivity index (χ3n) is 2.10. The van der Waals surface area contributed by atoms with Crippen molar-refractivity contribution in [2.24, 2.45) is 5.92 Å². The molecule has 0 aliphatic carbocycles. The fourth-order valence-corrected chi connectivity index (χ4v) is 0.311. The van der Waals surface area contributed by atoms with E-state index in [2.05, 4.69) is 0 Å². The number of hydrogen-bond acceptors (Lipinski definition) is 4. The lowest BCUT2D eigenvalue weighted by Crippen LogP contribution is -2.41. The van der Waals surface area contributed by atoms with Gasteiger partial charge in [-0.3, -0.25) is 0 Å². The number of hydrogen-bond donors (Lipinski definition) is 0. The van der Waals surface area contributed by atoms with Gasteiger partial charge in [0, 0.05) is 5.97 Å². The van der Waals surface area contributed by atoms with Gasteiger partial charge in [-0.2, -0.15) is 0 Å². The zero-order valence-electron chi connectivity index (χ0n) is 9.50. The Bertz CT molecular complexity index is 213. The summed E-state index contributed by atoms with van der Waals surface area (Å²) in [4.78, 5) is 19.6. The summed E-state index contributed by atoms with van der Waals surface area (Å²) in [5.41, 5.74) is -2.15. The molecular weight excluding hydrogens is 203 g/mol. The summed E-state index contributed by atoms with van der Waals surface area (Å²) in [5, 5.41) is 19.6. The largest absolute Gasteiger partial charge is 0.550 e. The van der Waals surface area contributed by atoms with E-state index in [1.54, 1.807) is 6.92 Å². The lowest BCUT2D eigenvalue weighted by Gasteiger charge is -2.18. The Morgan fingerprint density at radius 3 is 1.73 bits per heavy atom. The number of rotatable bonds is 4. The second kappa shape index (κ2) is 7.20. The maximum atomic E-state index is 12.3. The molecule has 0 saturated heterocycles. The van der Waals surface area contributed by atoms with E-state index < -0.39 is 17.6 Å². The molecule has 0 rings (SSSR count). The molecule has 0 aromatic heterocycles. The molecule has 4 nitrogen and oxygen atoms in total. The van der Waals surface area contributed by atoms with Gasteiger partial charge >= 0.3 is 0 Å². The summed E-state index contributed by atoms with van der Waals surface area (Å²) in [7, 11) is 0. The second-order valence-electron chi connectivity index (χ2n) is 3.47. The summed E-state index contributed by atoms with van der Waals surface area (Å²) in [6.45, 7) is 5.90. The van der Waals surface area contributed by atoms with E-state index in [4.69, 9.17) is 0 Å². The topological polar surface area (TPSA) is 80.3 Å². The highest BCUT2D eigenvalue weighted by Gasteiger charge is 2.21. The van der Waals surface area contributed by atoms with Gasteiger partial charge in [-0.1, -0.05) is 20.8 Å². The number of carboxylic acid groups (broad SMARTS) is 2. The van der Waals surface area contributed by atoms with Gasteiger partial charge in [0.2, 0.25) is 0 Å². The van der Waals surface area contributed by atoms with Gasteiger partial charge in [0.25, 0.3) is 0 Å². The van der Waals surface area contributed by atoms with Gasteiger partial charge in [-0.05, 0) is 25.7 Å². The monoisotopic (exact) mass is 220 g/mol. The smallest absolute Gasteiger partial charge is 0.147 e. The Hall–Kier alpha value is -1.13. The van der Waals surface area contributed by atoms with Crippen molar-refractivity contribution in [1.82, 2.24) is 0 Å². The Morgan fingerprint density at radius 1 is 1.33 bits per heavy atom. The number of carbonyl (C=O) groups is 2. The molecule has 0 aromatic rings. The van der Waals surface area contributed by atoms with Crippen LogP contribution in [0.25, 0.3) is 0 Å². The molecule has 90 valence electrons. The van der Waals surface area contributed by atoms with Crippen LogP contribution < -0.4 is 10.2 Å². The van der Waals surface area contributed by atoms with Gasteiger partial charge in [0.15, 0.2) is 0 Å². The van der Waals surface area contributed by atoms with Crippen LogP contribution in [0.4, 0.5) is 4.39 Å². The van der Waals surface area contributed by atoms with Gasteiger partial charge in [0.1, 0.15) is 5.67 Å². The number of alkyl halides is 1. The van der Waals surface area contributed by atoms with Crippen molar-refractivity contribution in [1.29, 1.82) is 0 Å². The highest BCUT2D eigenvalue weighted by Crippen LogP contribution is 2.12. The first kappa shape index (κ1) is 16.3. The van der Waals surface area contributed by atoms with Gasteiger partial charge in [-0.25, -0.2) is 4.39 Å². The van der Waals surface area contributed by atoms with Crippen LogP contribution in [-0.4, -0.2) is 17.6 Å². The highest BCUT2D eigenvalue weighted by molar-refractivity contribution is 5.74. The highest BCUT2D eigenvalue weighted by atomic mass is 19.1. The first-order chi connectivity index (χ1) is 6.68. The Morgan fingerprint density at radius 2 is 1.73 bits per heavy atom. The minimum absolute atomic E-state index is 0.0463. The van der Waals surface area contributed by atoms with E-state index in [1.807, 2.05) is 6.92 Å². The van der Waals surface area contributed by atoms with Crippen molar-refractivity contribution < 1.29 is 24.2 Å². The molecule has 5 heteroatoms. The number of aliphatic carboxylic acids is 2. The van der Waals surface area contributed by atoms with Crippen LogP contribution in [0, 0.1) is 5.92 Å². The van der Waals surface area contributed by atoms with Crippen LogP contribution in [0.1, 0.15) is 40.5 Å². The molecule has 2 unspecified atom stereocenters. The molecule has 0 spiro atoms. The van der Waals surface area contributed by atoms with E-state index in [1.165, 1.54) is 6.92 Å². The molecule has 0 bridgehead atoms. The van der Waals surface area contributed by atoms with Crippen LogP contribution in [0.5, 0.6) is 0 Å². The van der Waals surface area contributed by atoms with Crippen LogP contribution in [0.3, 0.4) is 0 Å². The maximum Gasteiger partial charge on any atom is 0.147 e. The average molecular weight is 220 g/mol. The van der Waals surface area contributed by atoms with Crippen molar-refractivity contribution in [3.8, 4) is 0 Å². The van der Waals surface area contributed by atoms with Crippen molar-refractivity contribution in [2.75, 3.05) is 0 Å². The van der Waals surface area contributed by atoms with Crippen LogP contribution in [-0.2, 0) is 9.59 Å². The van der Waals surface area contributed by atoms with E-state index in [0.717, 1.165) is 6.92 Å². The standard InChI is InChI=1S/C5H9FO2.C5H10O2/c1-3-5(2,6)4(7)8;1-3-4(2)5(6)7/h3H2,1-2H3,(H,7,8);4H,3H2,1-2H3,(H,6,7)/p-2. The second-order valence-corrected chi connectivity index (χ2v) is 3.47. The van der Waals surface area contributed by atoms with Crippen molar-refractivity contribution in [3.05, 3.63) is 0 Å². The number of carboxylic acids is 2. The first-order valence-corrected chi connectivity index (χ1v) is 4.80. The Labute approximate surface area is 89.1 Å². The zero-order chi connectivity index (χ0) is 12.6. The number of carbonyl (C=O) groups excluding carboxylic acids is 2. The average Bonchev–Trinajstić information content (AvgIpc) is 2.17. The van der Waals surface area contributed by atoms with E-state index in [0.29, 0.717) is 6.42 Å². The summed E-state index contributed by atoms with van der Waals surface area (Å²) >= 11 is 0. The third-order valence-corrected chi connectivity index (χ3v) is 2.10. The van der Waals surface area contributed by atoms with E-state index in [-0.39, 0.29) is 12.3 Å². The van der Waals surface area contributed by atoms with Crippen LogP contribution in [0.15, 0.2) is 0 Å².